The zero-order valence-corrected chi connectivity index (χ0v) is 8.41. The van der Waals surface area contributed by atoms with Crippen molar-refractivity contribution in [1.29, 1.82) is 0 Å². The summed E-state index contributed by atoms with van der Waals surface area (Å²) in [4.78, 5) is 4.04. The van der Waals surface area contributed by atoms with Gasteiger partial charge < -0.3 is 0 Å². The molecule has 0 fully saturated rings. The Kier molecular flexibility index (Phi) is 2.80. The summed E-state index contributed by atoms with van der Waals surface area (Å²) in [5, 5.41) is 0.543. The molecular formula is C12H10ClN. The second-order valence-electron chi connectivity index (χ2n) is 3.15. The molecule has 0 saturated heterocycles. The summed E-state index contributed by atoms with van der Waals surface area (Å²) in [6.45, 7) is 0. The van der Waals surface area contributed by atoms with E-state index in [1.807, 2.05) is 36.5 Å². The molecule has 0 aliphatic carbocycles. The van der Waals surface area contributed by atoms with Crippen molar-refractivity contribution in [2.75, 3.05) is 0 Å². The van der Waals surface area contributed by atoms with Gasteiger partial charge in [-0.1, -0.05) is 48.0 Å². The van der Waals surface area contributed by atoms with E-state index in [2.05, 4.69) is 17.1 Å². The van der Waals surface area contributed by atoms with Gasteiger partial charge in [0.05, 0.1) is 0 Å². The van der Waals surface area contributed by atoms with Crippen molar-refractivity contribution >= 4 is 11.6 Å². The van der Waals surface area contributed by atoms with Crippen molar-refractivity contribution < 1.29 is 0 Å². The molecule has 0 radical (unpaired) electrons. The highest BCUT2D eigenvalue weighted by Gasteiger charge is 1.95. The summed E-state index contributed by atoms with van der Waals surface area (Å²) >= 11 is 5.70. The Morgan fingerprint density at radius 1 is 0.929 bits per heavy atom. The van der Waals surface area contributed by atoms with Gasteiger partial charge in [0.1, 0.15) is 5.15 Å². The minimum atomic E-state index is 0.543. The van der Waals surface area contributed by atoms with Gasteiger partial charge in [0.25, 0.3) is 0 Å². The third-order valence-electron chi connectivity index (χ3n) is 2.04. The second kappa shape index (κ2) is 4.25. The number of hydrogen-bond acceptors (Lipinski definition) is 1. The average molecular weight is 204 g/mol. The molecule has 0 saturated carbocycles. The Morgan fingerprint density at radius 3 is 2.36 bits per heavy atom. The van der Waals surface area contributed by atoms with E-state index in [4.69, 9.17) is 11.6 Å². The first-order chi connectivity index (χ1) is 6.84. The zero-order chi connectivity index (χ0) is 9.80. The molecule has 2 heteroatoms. The molecule has 1 aromatic carbocycles. The maximum atomic E-state index is 5.70. The maximum absolute atomic E-state index is 5.70. The molecule has 2 rings (SSSR count). The van der Waals surface area contributed by atoms with E-state index in [1.54, 1.807) is 0 Å². The standard InChI is InChI=1S/C12H10ClN/c13-12-7-6-11(9-14-12)8-10-4-2-1-3-5-10/h1-7,9H,8H2. The van der Waals surface area contributed by atoms with Crippen molar-refractivity contribution in [3.05, 3.63) is 64.9 Å². The van der Waals surface area contributed by atoms with Crippen molar-refractivity contribution in [3.63, 3.8) is 0 Å². The third-order valence-corrected chi connectivity index (χ3v) is 2.26. The molecule has 0 bridgehead atoms. The van der Waals surface area contributed by atoms with E-state index < -0.39 is 0 Å². The SMILES string of the molecule is Clc1ccc(Cc2ccccc2)cn1. The highest BCUT2D eigenvalue weighted by atomic mass is 35.5. The highest BCUT2D eigenvalue weighted by Crippen LogP contribution is 2.10. The van der Waals surface area contributed by atoms with Crippen LogP contribution in [0.3, 0.4) is 0 Å². The van der Waals surface area contributed by atoms with E-state index in [9.17, 15) is 0 Å². The predicted molar refractivity (Wildman–Crippen MR) is 58.5 cm³/mol. The van der Waals surface area contributed by atoms with Crippen LogP contribution in [0.15, 0.2) is 48.7 Å². The van der Waals surface area contributed by atoms with Crippen LogP contribution in [0, 0.1) is 0 Å². The lowest BCUT2D eigenvalue weighted by Gasteiger charge is -2.00. The van der Waals surface area contributed by atoms with Crippen molar-refractivity contribution in [2.45, 2.75) is 6.42 Å². The summed E-state index contributed by atoms with van der Waals surface area (Å²) in [5.74, 6) is 0. The Balaban J connectivity index is 2.16. The lowest BCUT2D eigenvalue weighted by molar-refractivity contribution is 1.15. The predicted octanol–water partition coefficient (Wildman–Crippen LogP) is 3.33. The van der Waals surface area contributed by atoms with Crippen LogP contribution in [0.25, 0.3) is 0 Å². The van der Waals surface area contributed by atoms with Crippen LogP contribution >= 0.6 is 11.6 Å². The van der Waals surface area contributed by atoms with E-state index in [0.29, 0.717) is 5.15 Å². The van der Waals surface area contributed by atoms with Crippen molar-refractivity contribution in [2.24, 2.45) is 0 Å². The van der Waals surface area contributed by atoms with Gasteiger partial charge in [-0.15, -0.1) is 0 Å². The molecule has 14 heavy (non-hydrogen) atoms. The Bertz CT molecular complexity index is 394. The van der Waals surface area contributed by atoms with Crippen LogP contribution < -0.4 is 0 Å². The van der Waals surface area contributed by atoms with Crippen LogP contribution in [0.5, 0.6) is 0 Å². The summed E-state index contributed by atoms with van der Waals surface area (Å²) in [5.41, 5.74) is 2.47. The minimum absolute atomic E-state index is 0.543. The lowest BCUT2D eigenvalue weighted by Crippen LogP contribution is -1.88. The number of hydrogen-bond donors (Lipinski definition) is 0. The molecule has 1 aromatic heterocycles. The van der Waals surface area contributed by atoms with E-state index in [1.165, 1.54) is 11.1 Å². The van der Waals surface area contributed by atoms with E-state index in [0.717, 1.165) is 6.42 Å². The zero-order valence-electron chi connectivity index (χ0n) is 7.65. The molecule has 0 unspecified atom stereocenters. The molecule has 2 aromatic rings. The average Bonchev–Trinajstić information content (AvgIpc) is 2.23. The lowest BCUT2D eigenvalue weighted by atomic mass is 10.1. The van der Waals surface area contributed by atoms with Crippen LogP contribution in [-0.4, -0.2) is 4.98 Å². The smallest absolute Gasteiger partial charge is 0.129 e. The normalized spacial score (nSPS) is 10.1. The topological polar surface area (TPSA) is 12.9 Å². The van der Waals surface area contributed by atoms with Gasteiger partial charge in [-0.3, -0.25) is 0 Å². The second-order valence-corrected chi connectivity index (χ2v) is 3.54. The van der Waals surface area contributed by atoms with Crippen molar-refractivity contribution in [3.8, 4) is 0 Å². The molecular weight excluding hydrogens is 194 g/mol. The third kappa shape index (κ3) is 2.33. The molecule has 0 atom stereocenters. The Labute approximate surface area is 88.4 Å². The molecule has 70 valence electrons. The monoisotopic (exact) mass is 203 g/mol. The van der Waals surface area contributed by atoms with E-state index in [-0.39, 0.29) is 0 Å². The fraction of sp³-hybridized carbons (Fsp3) is 0.0833. The number of halogens is 1. The fourth-order valence-electron chi connectivity index (χ4n) is 1.34. The fourth-order valence-corrected chi connectivity index (χ4v) is 1.45. The van der Waals surface area contributed by atoms with Gasteiger partial charge in [0, 0.05) is 6.20 Å². The number of rotatable bonds is 2. The van der Waals surface area contributed by atoms with Gasteiger partial charge in [0.2, 0.25) is 0 Å². The number of pyridine rings is 1. The van der Waals surface area contributed by atoms with Crippen LogP contribution in [0.4, 0.5) is 0 Å². The van der Waals surface area contributed by atoms with Crippen LogP contribution in [0.2, 0.25) is 5.15 Å². The summed E-state index contributed by atoms with van der Waals surface area (Å²) < 4.78 is 0. The quantitative estimate of drug-likeness (QED) is 0.683. The number of aromatic nitrogens is 1. The first-order valence-electron chi connectivity index (χ1n) is 4.49. The molecule has 0 aliphatic rings. The van der Waals surface area contributed by atoms with Crippen LogP contribution in [-0.2, 0) is 6.42 Å². The summed E-state index contributed by atoms with van der Waals surface area (Å²) in [6, 6.07) is 14.1. The summed E-state index contributed by atoms with van der Waals surface area (Å²) in [7, 11) is 0. The van der Waals surface area contributed by atoms with E-state index >= 15 is 0 Å². The van der Waals surface area contributed by atoms with Crippen molar-refractivity contribution in [1.82, 2.24) is 4.98 Å². The number of benzene rings is 1. The van der Waals surface area contributed by atoms with Gasteiger partial charge in [-0.05, 0) is 23.6 Å². The maximum Gasteiger partial charge on any atom is 0.129 e. The Morgan fingerprint density at radius 2 is 1.71 bits per heavy atom. The molecule has 0 amide bonds. The highest BCUT2D eigenvalue weighted by molar-refractivity contribution is 6.29. The first-order valence-corrected chi connectivity index (χ1v) is 4.87. The van der Waals surface area contributed by atoms with Gasteiger partial charge in [-0.2, -0.15) is 0 Å². The largest absolute Gasteiger partial charge is 0.244 e. The summed E-state index contributed by atoms with van der Waals surface area (Å²) in [6.07, 6.45) is 2.72. The Hall–Kier alpha value is -1.34. The first kappa shape index (κ1) is 9.22. The molecule has 0 aliphatic heterocycles. The van der Waals surface area contributed by atoms with Crippen LogP contribution in [0.1, 0.15) is 11.1 Å². The van der Waals surface area contributed by atoms with Gasteiger partial charge in [-0.25, -0.2) is 4.98 Å². The number of nitrogens with zero attached hydrogens (tertiary/aromatic N) is 1. The van der Waals surface area contributed by atoms with Gasteiger partial charge >= 0.3 is 0 Å². The molecule has 0 N–H and O–H groups in total. The molecule has 1 heterocycles. The van der Waals surface area contributed by atoms with Gasteiger partial charge in [0.15, 0.2) is 0 Å². The molecule has 1 nitrogen and oxygen atoms in total. The molecule has 0 spiro atoms. The minimum Gasteiger partial charge on any atom is -0.244 e.